The van der Waals surface area contributed by atoms with Gasteiger partial charge in [0.1, 0.15) is 5.82 Å². The fraction of sp³-hybridized carbons (Fsp3) is 0.214. The molecular weight excluding hydrogens is 309 g/mol. The summed E-state index contributed by atoms with van der Waals surface area (Å²) in [5.74, 6) is -1.79. The van der Waals surface area contributed by atoms with E-state index in [9.17, 15) is 19.1 Å². The molecule has 22 heavy (non-hydrogen) atoms. The molecule has 0 fully saturated rings. The number of hydrogen-bond donors (Lipinski definition) is 2. The minimum Gasteiger partial charge on any atom is -0.493 e. The molecule has 2 rings (SSSR count). The van der Waals surface area contributed by atoms with E-state index >= 15 is 0 Å². The molecule has 1 amide bonds. The van der Waals surface area contributed by atoms with Crippen molar-refractivity contribution in [2.24, 2.45) is 5.73 Å². The lowest BCUT2D eigenvalue weighted by Gasteiger charge is -2.14. The van der Waals surface area contributed by atoms with Gasteiger partial charge in [0.05, 0.1) is 17.0 Å². The molecule has 0 aliphatic heterocycles. The standard InChI is InChI=1S/C14H14FN3O3S/c1-2-8-12(20)17-14(22-7-11(16)19)18(13(8)21)10-6-4-3-5-9(10)15/h3-6,20H,2,7H2,1H3,(H2,16,19). The lowest BCUT2D eigenvalue weighted by atomic mass is 10.2. The largest absolute Gasteiger partial charge is 0.493 e. The van der Waals surface area contributed by atoms with Gasteiger partial charge in [0, 0.05) is 0 Å². The van der Waals surface area contributed by atoms with Crippen molar-refractivity contribution in [1.82, 2.24) is 9.55 Å². The summed E-state index contributed by atoms with van der Waals surface area (Å²) in [7, 11) is 0. The summed E-state index contributed by atoms with van der Waals surface area (Å²) < 4.78 is 15.1. The Labute approximate surface area is 129 Å². The maximum absolute atomic E-state index is 14.0. The summed E-state index contributed by atoms with van der Waals surface area (Å²) >= 11 is 0.857. The van der Waals surface area contributed by atoms with Crippen LogP contribution in [-0.4, -0.2) is 26.3 Å². The predicted molar refractivity (Wildman–Crippen MR) is 80.8 cm³/mol. The zero-order valence-corrected chi connectivity index (χ0v) is 12.6. The van der Waals surface area contributed by atoms with E-state index < -0.39 is 23.2 Å². The molecule has 0 saturated heterocycles. The van der Waals surface area contributed by atoms with Crippen LogP contribution in [0.2, 0.25) is 0 Å². The van der Waals surface area contributed by atoms with Crippen LogP contribution < -0.4 is 11.3 Å². The number of halogens is 1. The number of aromatic hydroxyl groups is 1. The van der Waals surface area contributed by atoms with Crippen LogP contribution in [-0.2, 0) is 11.2 Å². The van der Waals surface area contributed by atoms with Gasteiger partial charge < -0.3 is 10.8 Å². The van der Waals surface area contributed by atoms with Gasteiger partial charge in [-0.15, -0.1) is 0 Å². The number of carbonyl (C=O) groups is 1. The van der Waals surface area contributed by atoms with Crippen LogP contribution in [0.1, 0.15) is 12.5 Å². The first-order valence-corrected chi connectivity index (χ1v) is 7.45. The van der Waals surface area contributed by atoms with Crippen LogP contribution in [0, 0.1) is 5.82 Å². The van der Waals surface area contributed by atoms with Gasteiger partial charge >= 0.3 is 0 Å². The smallest absolute Gasteiger partial charge is 0.265 e. The van der Waals surface area contributed by atoms with Crippen LogP contribution in [0.25, 0.3) is 5.69 Å². The summed E-state index contributed by atoms with van der Waals surface area (Å²) in [6, 6.07) is 5.70. The van der Waals surface area contributed by atoms with Crippen LogP contribution in [0.5, 0.6) is 5.88 Å². The van der Waals surface area contributed by atoms with E-state index in [0.717, 1.165) is 16.3 Å². The molecule has 0 bridgehead atoms. The average Bonchev–Trinajstić information content (AvgIpc) is 2.46. The molecule has 0 radical (unpaired) electrons. The minimum absolute atomic E-state index is 0.00155. The Kier molecular flexibility index (Phi) is 4.81. The molecular formula is C14H14FN3O3S. The number of amides is 1. The second-order valence-corrected chi connectivity index (χ2v) is 5.34. The molecule has 6 nitrogen and oxygen atoms in total. The van der Waals surface area contributed by atoms with Crippen LogP contribution in [0.15, 0.2) is 34.2 Å². The van der Waals surface area contributed by atoms with Crippen molar-refractivity contribution < 1.29 is 14.3 Å². The van der Waals surface area contributed by atoms with Crippen molar-refractivity contribution >= 4 is 17.7 Å². The second kappa shape index (κ2) is 6.61. The first-order chi connectivity index (χ1) is 10.5. The van der Waals surface area contributed by atoms with E-state index in [2.05, 4.69) is 4.98 Å². The van der Waals surface area contributed by atoms with Crippen molar-refractivity contribution in [2.75, 3.05) is 5.75 Å². The Morgan fingerprint density at radius 1 is 1.45 bits per heavy atom. The van der Waals surface area contributed by atoms with E-state index in [1.165, 1.54) is 18.2 Å². The van der Waals surface area contributed by atoms with Crippen molar-refractivity contribution in [3.8, 4) is 11.6 Å². The number of primary amides is 1. The van der Waals surface area contributed by atoms with Gasteiger partial charge in [-0.05, 0) is 18.6 Å². The number of benzene rings is 1. The number of para-hydroxylation sites is 1. The summed E-state index contributed by atoms with van der Waals surface area (Å²) in [6.45, 7) is 1.68. The molecule has 0 spiro atoms. The normalized spacial score (nSPS) is 10.6. The Morgan fingerprint density at radius 3 is 2.73 bits per heavy atom. The summed E-state index contributed by atoms with van der Waals surface area (Å²) in [4.78, 5) is 27.3. The average molecular weight is 323 g/mol. The number of hydrogen-bond acceptors (Lipinski definition) is 5. The highest BCUT2D eigenvalue weighted by atomic mass is 32.2. The Bertz CT molecular complexity index is 776. The predicted octanol–water partition coefficient (Wildman–Crippen LogP) is 1.22. The molecule has 1 aromatic heterocycles. The van der Waals surface area contributed by atoms with Gasteiger partial charge in [-0.1, -0.05) is 30.8 Å². The van der Waals surface area contributed by atoms with Crippen LogP contribution >= 0.6 is 11.8 Å². The van der Waals surface area contributed by atoms with E-state index in [1.54, 1.807) is 13.0 Å². The number of rotatable bonds is 5. The third-order valence-corrected chi connectivity index (χ3v) is 3.88. The maximum atomic E-state index is 14.0. The molecule has 2 aromatic rings. The Balaban J connectivity index is 2.70. The minimum atomic E-state index is -0.613. The van der Waals surface area contributed by atoms with E-state index in [1.807, 2.05) is 0 Å². The molecule has 1 aromatic carbocycles. The van der Waals surface area contributed by atoms with E-state index in [0.29, 0.717) is 0 Å². The van der Waals surface area contributed by atoms with Gasteiger partial charge in [-0.2, -0.15) is 4.98 Å². The van der Waals surface area contributed by atoms with Crippen molar-refractivity contribution in [3.63, 3.8) is 0 Å². The topological polar surface area (TPSA) is 98.2 Å². The van der Waals surface area contributed by atoms with Crippen molar-refractivity contribution in [1.29, 1.82) is 0 Å². The van der Waals surface area contributed by atoms with E-state index in [4.69, 9.17) is 5.73 Å². The zero-order valence-electron chi connectivity index (χ0n) is 11.7. The number of nitrogens with two attached hydrogens (primary N) is 1. The van der Waals surface area contributed by atoms with Gasteiger partial charge in [0.25, 0.3) is 5.56 Å². The molecule has 0 saturated carbocycles. The van der Waals surface area contributed by atoms with Crippen LogP contribution in [0.3, 0.4) is 0 Å². The molecule has 0 aliphatic carbocycles. The van der Waals surface area contributed by atoms with Crippen molar-refractivity contribution in [3.05, 3.63) is 46.0 Å². The summed E-state index contributed by atoms with van der Waals surface area (Å²) in [6.07, 6.45) is 0.243. The monoisotopic (exact) mass is 323 g/mol. The molecule has 1 heterocycles. The molecule has 8 heteroatoms. The van der Waals surface area contributed by atoms with Gasteiger partial charge in [0.2, 0.25) is 11.8 Å². The highest BCUT2D eigenvalue weighted by Gasteiger charge is 2.19. The summed E-state index contributed by atoms with van der Waals surface area (Å²) in [5, 5.41) is 9.83. The fourth-order valence-electron chi connectivity index (χ4n) is 1.91. The second-order valence-electron chi connectivity index (χ2n) is 4.40. The quantitative estimate of drug-likeness (QED) is 0.637. The molecule has 0 atom stereocenters. The molecule has 116 valence electrons. The molecule has 0 aliphatic rings. The fourth-order valence-corrected chi connectivity index (χ4v) is 2.65. The Morgan fingerprint density at radius 2 is 2.14 bits per heavy atom. The highest BCUT2D eigenvalue weighted by Crippen LogP contribution is 2.23. The first-order valence-electron chi connectivity index (χ1n) is 6.46. The summed E-state index contributed by atoms with van der Waals surface area (Å²) in [5.41, 5.74) is 4.58. The third-order valence-electron chi connectivity index (χ3n) is 2.91. The molecule has 3 N–H and O–H groups in total. The lowest BCUT2D eigenvalue weighted by Crippen LogP contribution is -2.26. The number of thioether (sulfide) groups is 1. The number of aromatic nitrogens is 2. The SMILES string of the molecule is CCc1c(O)nc(SCC(N)=O)n(-c2ccccc2F)c1=O. The van der Waals surface area contributed by atoms with Crippen molar-refractivity contribution in [2.45, 2.75) is 18.5 Å². The van der Waals surface area contributed by atoms with E-state index in [-0.39, 0.29) is 28.6 Å². The number of nitrogens with zero attached hydrogens (tertiary/aromatic N) is 2. The lowest BCUT2D eigenvalue weighted by molar-refractivity contribution is -0.115. The number of carbonyl (C=O) groups excluding carboxylic acids is 1. The molecule has 0 unspecified atom stereocenters. The van der Waals surface area contributed by atoms with Gasteiger partial charge in [-0.3, -0.25) is 14.2 Å². The maximum Gasteiger partial charge on any atom is 0.265 e. The van der Waals surface area contributed by atoms with Gasteiger partial charge in [-0.25, -0.2) is 4.39 Å². The van der Waals surface area contributed by atoms with Crippen LogP contribution in [0.4, 0.5) is 4.39 Å². The highest BCUT2D eigenvalue weighted by molar-refractivity contribution is 7.99. The third kappa shape index (κ3) is 3.11. The first kappa shape index (κ1) is 16.0. The van der Waals surface area contributed by atoms with Gasteiger partial charge in [0.15, 0.2) is 5.16 Å². The zero-order chi connectivity index (χ0) is 16.3. The Hall–Kier alpha value is -2.35.